The van der Waals surface area contributed by atoms with Crippen LogP contribution >= 0.6 is 11.8 Å². The van der Waals surface area contributed by atoms with Crippen molar-refractivity contribution in [3.05, 3.63) is 59.7 Å². The van der Waals surface area contributed by atoms with E-state index in [1.807, 2.05) is 42.5 Å². The number of nitrogens with two attached hydrogens (primary N) is 1. The lowest BCUT2D eigenvalue weighted by Gasteiger charge is -2.25. The van der Waals surface area contributed by atoms with E-state index in [2.05, 4.69) is 15.3 Å². The summed E-state index contributed by atoms with van der Waals surface area (Å²) >= 11 is 1.07. The van der Waals surface area contributed by atoms with E-state index in [0.717, 1.165) is 23.1 Å². The average molecular weight is 452 g/mol. The van der Waals surface area contributed by atoms with Crippen LogP contribution in [0.3, 0.4) is 0 Å². The molecular weight excluding hydrogens is 430 g/mol. The number of aliphatic imine (C=N–C) groups is 2. The number of thioether (sulfide) groups is 1. The van der Waals surface area contributed by atoms with Crippen molar-refractivity contribution < 1.29 is 19.1 Å². The molecule has 9 nitrogen and oxygen atoms in total. The lowest BCUT2D eigenvalue weighted by molar-refractivity contribution is -0.128. The lowest BCUT2D eigenvalue weighted by Crippen LogP contribution is -2.42. The highest BCUT2D eigenvalue weighted by Crippen LogP contribution is 2.33. The molecule has 0 saturated heterocycles. The van der Waals surface area contributed by atoms with Gasteiger partial charge in [-0.3, -0.25) is 19.4 Å². The number of hydrogen-bond donors (Lipinski definition) is 2. The molecule has 2 aromatic carbocycles. The van der Waals surface area contributed by atoms with Gasteiger partial charge in [0.1, 0.15) is 17.6 Å². The number of hydrogen-bond acceptors (Lipinski definition) is 7. The Bertz CT molecular complexity index is 1130. The van der Waals surface area contributed by atoms with E-state index < -0.39 is 11.9 Å². The lowest BCUT2D eigenvalue weighted by atomic mass is 10.1. The van der Waals surface area contributed by atoms with Gasteiger partial charge in [0.25, 0.3) is 5.91 Å². The maximum atomic E-state index is 13.1. The van der Waals surface area contributed by atoms with Crippen LogP contribution in [0.4, 0.5) is 5.69 Å². The van der Waals surface area contributed by atoms with Crippen LogP contribution < -0.4 is 15.8 Å². The molecule has 0 unspecified atom stereocenters. The zero-order valence-corrected chi connectivity index (χ0v) is 18.1. The normalized spacial score (nSPS) is 16.6. The fourth-order valence-electron chi connectivity index (χ4n) is 3.36. The van der Waals surface area contributed by atoms with Crippen molar-refractivity contribution in [2.75, 3.05) is 12.9 Å². The Balaban J connectivity index is 1.47. The zero-order chi connectivity index (χ0) is 22.7. The smallest absolute Gasteiger partial charge is 0.259 e. The Hall–Kier alpha value is -3.66. The van der Waals surface area contributed by atoms with Crippen molar-refractivity contribution in [3.63, 3.8) is 0 Å². The second kappa shape index (κ2) is 9.23. The maximum Gasteiger partial charge on any atom is 0.259 e. The summed E-state index contributed by atoms with van der Waals surface area (Å²) in [6.45, 7) is 0.327. The van der Waals surface area contributed by atoms with E-state index in [0.29, 0.717) is 28.8 Å². The van der Waals surface area contributed by atoms with E-state index in [9.17, 15) is 14.4 Å². The zero-order valence-electron chi connectivity index (χ0n) is 17.3. The molecule has 0 aliphatic carbocycles. The van der Waals surface area contributed by atoms with Gasteiger partial charge in [-0.2, -0.15) is 0 Å². The number of benzene rings is 2. The first-order valence-electron chi connectivity index (χ1n) is 9.87. The first-order chi connectivity index (χ1) is 15.5. The number of methoxy groups -OCH3 is 1. The van der Waals surface area contributed by atoms with Gasteiger partial charge in [0, 0.05) is 12.1 Å². The molecule has 4 rings (SSSR count). The molecule has 1 atom stereocenters. The first-order valence-corrected chi connectivity index (χ1v) is 10.9. The van der Waals surface area contributed by atoms with Crippen molar-refractivity contribution >= 4 is 46.2 Å². The summed E-state index contributed by atoms with van der Waals surface area (Å²) < 4.78 is 5.12. The van der Waals surface area contributed by atoms with Gasteiger partial charge in [-0.05, 0) is 29.8 Å². The van der Waals surface area contributed by atoms with Crippen LogP contribution in [0.5, 0.6) is 5.75 Å². The molecule has 2 heterocycles. The van der Waals surface area contributed by atoms with Crippen LogP contribution in [0.1, 0.15) is 17.5 Å². The van der Waals surface area contributed by atoms with Gasteiger partial charge >= 0.3 is 0 Å². The third-order valence-electron chi connectivity index (χ3n) is 4.92. The van der Waals surface area contributed by atoms with Crippen molar-refractivity contribution in [2.24, 2.45) is 15.7 Å². The van der Waals surface area contributed by atoms with Crippen LogP contribution in [0.25, 0.3) is 0 Å². The minimum absolute atomic E-state index is 0.0227. The van der Waals surface area contributed by atoms with Crippen molar-refractivity contribution in [3.8, 4) is 5.75 Å². The summed E-state index contributed by atoms with van der Waals surface area (Å²) in [6.07, 6.45) is -0.0923. The Labute approximate surface area is 188 Å². The highest BCUT2D eigenvalue weighted by Gasteiger charge is 2.42. The predicted molar refractivity (Wildman–Crippen MR) is 122 cm³/mol. The maximum absolute atomic E-state index is 13.1. The Morgan fingerprint density at radius 2 is 1.94 bits per heavy atom. The molecule has 0 radical (unpaired) electrons. The molecule has 0 fully saturated rings. The average Bonchev–Trinajstić information content (AvgIpc) is 3.12. The third kappa shape index (κ3) is 4.50. The van der Waals surface area contributed by atoms with Crippen LogP contribution in [0.2, 0.25) is 0 Å². The summed E-state index contributed by atoms with van der Waals surface area (Å²) in [5.41, 5.74) is 7.51. The quantitative estimate of drug-likeness (QED) is 0.661. The molecule has 2 aromatic rings. The Morgan fingerprint density at radius 3 is 2.66 bits per heavy atom. The number of nitrogens with zero attached hydrogens (tertiary/aromatic N) is 3. The van der Waals surface area contributed by atoms with Crippen LogP contribution in [0, 0.1) is 0 Å². The molecule has 164 valence electrons. The minimum atomic E-state index is -0.869. The monoisotopic (exact) mass is 451 g/mol. The molecule has 10 heteroatoms. The Morgan fingerprint density at radius 1 is 1.19 bits per heavy atom. The molecule has 32 heavy (non-hydrogen) atoms. The van der Waals surface area contributed by atoms with Gasteiger partial charge in [-0.25, -0.2) is 9.89 Å². The number of ether oxygens (including phenoxy) is 1. The van der Waals surface area contributed by atoms with Gasteiger partial charge in [0.15, 0.2) is 5.17 Å². The van der Waals surface area contributed by atoms with Crippen LogP contribution in [-0.2, 0) is 20.9 Å². The molecule has 0 aromatic heterocycles. The number of rotatable bonds is 7. The number of amidine groups is 2. The Kier molecular flexibility index (Phi) is 6.22. The van der Waals surface area contributed by atoms with E-state index >= 15 is 0 Å². The van der Waals surface area contributed by atoms with E-state index in [-0.39, 0.29) is 24.0 Å². The summed E-state index contributed by atoms with van der Waals surface area (Å²) in [5.74, 6) is -0.0251. The molecule has 3 N–H and O–H groups in total. The van der Waals surface area contributed by atoms with Crippen LogP contribution in [0.15, 0.2) is 58.5 Å². The van der Waals surface area contributed by atoms with Gasteiger partial charge in [0.2, 0.25) is 11.8 Å². The van der Waals surface area contributed by atoms with Gasteiger partial charge in [-0.1, -0.05) is 36.0 Å². The number of fused-ring (bicyclic) bond motifs is 3. The molecule has 2 aliphatic heterocycles. The summed E-state index contributed by atoms with van der Waals surface area (Å²) in [7, 11) is 1.59. The van der Waals surface area contributed by atoms with Crippen molar-refractivity contribution in [1.29, 1.82) is 0 Å². The summed E-state index contributed by atoms with van der Waals surface area (Å²) in [5, 5.41) is 3.15. The first kappa shape index (κ1) is 21.6. The third-order valence-corrected chi connectivity index (χ3v) is 5.88. The van der Waals surface area contributed by atoms with Gasteiger partial charge < -0.3 is 15.8 Å². The molecule has 0 saturated carbocycles. The van der Waals surface area contributed by atoms with Crippen molar-refractivity contribution in [2.45, 2.75) is 19.0 Å². The highest BCUT2D eigenvalue weighted by atomic mass is 32.2. The fraction of sp³-hybridized carbons (Fsp3) is 0.227. The van der Waals surface area contributed by atoms with E-state index in [1.54, 1.807) is 13.2 Å². The predicted octanol–water partition coefficient (Wildman–Crippen LogP) is 1.58. The van der Waals surface area contributed by atoms with Gasteiger partial charge in [-0.15, -0.1) is 0 Å². The number of para-hydroxylation sites is 1. The molecule has 0 spiro atoms. The number of primary amides is 1. The van der Waals surface area contributed by atoms with E-state index in [1.165, 1.54) is 4.90 Å². The van der Waals surface area contributed by atoms with Crippen LogP contribution in [-0.4, -0.2) is 52.5 Å². The second-order valence-corrected chi connectivity index (χ2v) is 8.08. The number of carbonyl (C=O) groups is 3. The molecule has 2 aliphatic rings. The molecular formula is C22H21N5O4S. The fourth-order valence-corrected chi connectivity index (χ4v) is 4.10. The van der Waals surface area contributed by atoms with Gasteiger partial charge in [0.05, 0.1) is 25.0 Å². The second-order valence-electron chi connectivity index (χ2n) is 7.14. The SMILES string of the molecule is COc1ccc(CNC(=O)C[C@@H]2N=C3c4ccccc4N=C(SCC(N)=O)N3C2=O)cc1. The number of nitrogens with one attached hydrogen (secondary N) is 1. The molecule has 3 amide bonds. The summed E-state index contributed by atoms with van der Waals surface area (Å²) in [4.78, 5) is 47.3. The summed E-state index contributed by atoms with van der Waals surface area (Å²) in [6, 6.07) is 13.8. The highest BCUT2D eigenvalue weighted by molar-refractivity contribution is 8.14. The van der Waals surface area contributed by atoms with E-state index in [4.69, 9.17) is 10.5 Å². The largest absolute Gasteiger partial charge is 0.497 e. The minimum Gasteiger partial charge on any atom is -0.497 e. The van der Waals surface area contributed by atoms with Crippen molar-refractivity contribution in [1.82, 2.24) is 10.2 Å². The number of amides is 3. The number of carbonyl (C=O) groups excluding carboxylic acids is 3. The standard InChI is InChI=1S/C22H21N5O4S/c1-31-14-8-6-13(7-9-14)11-24-19(29)10-17-21(30)27-20(25-17)15-4-2-3-5-16(15)26-22(27)32-12-18(23)28/h2-9,17H,10-12H2,1H3,(H2,23,28)(H,24,29)/t17-/m0/s1. The molecule has 0 bridgehead atoms. The topological polar surface area (TPSA) is 126 Å².